The number of ether oxygens (including phenoxy) is 1. The highest BCUT2D eigenvalue weighted by Crippen LogP contribution is 2.25. The van der Waals surface area contributed by atoms with Gasteiger partial charge in [0, 0.05) is 30.5 Å². The van der Waals surface area contributed by atoms with Gasteiger partial charge in [0.2, 0.25) is 10.0 Å². The Morgan fingerprint density at radius 3 is 2.69 bits per heavy atom. The Balaban J connectivity index is 1.89. The number of amides is 1. The summed E-state index contributed by atoms with van der Waals surface area (Å²) >= 11 is 0. The van der Waals surface area contributed by atoms with E-state index < -0.39 is 16.1 Å². The molecule has 7 nitrogen and oxygen atoms in total. The smallest absolute Gasteiger partial charge is 0.410 e. The molecule has 1 fully saturated rings. The van der Waals surface area contributed by atoms with Crippen LogP contribution >= 0.6 is 0 Å². The second kappa shape index (κ2) is 9.37. The van der Waals surface area contributed by atoms with Crippen LogP contribution in [0.15, 0.2) is 48.8 Å². The van der Waals surface area contributed by atoms with E-state index in [-0.39, 0.29) is 18.7 Å². The highest BCUT2D eigenvalue weighted by molar-refractivity contribution is 7.88. The first-order valence-electron chi connectivity index (χ1n) is 9.77. The molecular weight excluding hydrogens is 390 g/mol. The second-order valence-corrected chi connectivity index (χ2v) is 9.03. The summed E-state index contributed by atoms with van der Waals surface area (Å²) in [5.74, 6) is 0. The fourth-order valence-corrected chi connectivity index (χ4v) is 4.61. The number of sulfonamides is 1. The number of hydrogen-bond acceptors (Lipinski definition) is 5. The number of pyridine rings is 1. The maximum atomic E-state index is 12.5. The van der Waals surface area contributed by atoms with Crippen LogP contribution in [0.3, 0.4) is 0 Å². The van der Waals surface area contributed by atoms with Gasteiger partial charge in [-0.1, -0.05) is 30.3 Å². The first-order chi connectivity index (χ1) is 13.9. The largest absolute Gasteiger partial charge is 0.450 e. The summed E-state index contributed by atoms with van der Waals surface area (Å²) in [6, 6.07) is 11.3. The minimum Gasteiger partial charge on any atom is -0.450 e. The van der Waals surface area contributed by atoms with Gasteiger partial charge < -0.3 is 9.64 Å². The molecule has 0 radical (unpaired) electrons. The standard InChI is InChI=1S/C21H27N3O4S/c1-3-28-21(25)24-11-7-10-19(23-29(2,26)27)20(24)13-16-12-18(15-22-14-16)17-8-5-4-6-9-17/h4-6,8-9,12,14-15,19-20,23H,3,7,10-11,13H2,1-2H3/t19-,20-/m0/s1. The summed E-state index contributed by atoms with van der Waals surface area (Å²) in [4.78, 5) is 18.5. The van der Waals surface area contributed by atoms with Crippen LogP contribution in [0.25, 0.3) is 11.1 Å². The third kappa shape index (κ3) is 5.77. The summed E-state index contributed by atoms with van der Waals surface area (Å²) in [5.41, 5.74) is 2.97. The van der Waals surface area contributed by atoms with Crippen LogP contribution < -0.4 is 4.72 Å². The van der Waals surface area contributed by atoms with E-state index in [9.17, 15) is 13.2 Å². The van der Waals surface area contributed by atoms with Gasteiger partial charge in [-0.25, -0.2) is 17.9 Å². The molecule has 1 amide bonds. The Morgan fingerprint density at radius 2 is 2.00 bits per heavy atom. The molecule has 8 heteroatoms. The molecular formula is C21H27N3O4S. The predicted molar refractivity (Wildman–Crippen MR) is 112 cm³/mol. The number of rotatable bonds is 6. The number of piperidine rings is 1. The van der Waals surface area contributed by atoms with E-state index in [0.29, 0.717) is 25.8 Å². The molecule has 0 saturated carbocycles. The van der Waals surface area contributed by atoms with Crippen molar-refractivity contribution in [2.45, 2.75) is 38.3 Å². The summed E-state index contributed by atoms with van der Waals surface area (Å²) in [7, 11) is -3.41. The van der Waals surface area contributed by atoms with Crippen LogP contribution in [0.4, 0.5) is 4.79 Å². The number of likely N-dealkylation sites (tertiary alicyclic amines) is 1. The van der Waals surface area contributed by atoms with Crippen LogP contribution in [-0.2, 0) is 21.2 Å². The van der Waals surface area contributed by atoms with Crippen LogP contribution in [0.5, 0.6) is 0 Å². The fourth-order valence-electron chi connectivity index (χ4n) is 3.78. The molecule has 1 saturated heterocycles. The predicted octanol–water partition coefficient (Wildman–Crippen LogP) is 2.83. The van der Waals surface area contributed by atoms with Crippen molar-refractivity contribution in [2.75, 3.05) is 19.4 Å². The Morgan fingerprint density at radius 1 is 1.24 bits per heavy atom. The van der Waals surface area contributed by atoms with Crippen molar-refractivity contribution >= 4 is 16.1 Å². The Bertz CT molecular complexity index is 934. The lowest BCUT2D eigenvalue weighted by Crippen LogP contribution is -2.57. The van der Waals surface area contributed by atoms with Crippen LogP contribution in [-0.4, -0.2) is 55.9 Å². The SMILES string of the molecule is CCOC(=O)N1CCC[C@H](NS(C)(=O)=O)[C@@H]1Cc1cncc(-c2ccccc2)c1. The molecule has 0 spiro atoms. The van der Waals surface area contributed by atoms with Gasteiger partial charge in [0.1, 0.15) is 0 Å². The highest BCUT2D eigenvalue weighted by Gasteiger charge is 2.36. The first-order valence-corrected chi connectivity index (χ1v) is 11.7. The molecule has 1 aromatic carbocycles. The van der Waals surface area contributed by atoms with E-state index in [1.54, 1.807) is 24.2 Å². The van der Waals surface area contributed by atoms with Crippen molar-refractivity contribution in [1.82, 2.24) is 14.6 Å². The van der Waals surface area contributed by atoms with Gasteiger partial charge in [0.15, 0.2) is 0 Å². The highest BCUT2D eigenvalue weighted by atomic mass is 32.2. The zero-order valence-electron chi connectivity index (χ0n) is 16.7. The molecule has 2 atom stereocenters. The molecule has 1 aliphatic rings. The van der Waals surface area contributed by atoms with E-state index in [0.717, 1.165) is 22.9 Å². The fraction of sp³-hybridized carbons (Fsp3) is 0.429. The van der Waals surface area contributed by atoms with Gasteiger partial charge in [-0.15, -0.1) is 0 Å². The lowest BCUT2D eigenvalue weighted by molar-refractivity contribution is 0.0678. The minimum absolute atomic E-state index is 0.275. The third-order valence-electron chi connectivity index (χ3n) is 4.99. The van der Waals surface area contributed by atoms with Crippen molar-refractivity contribution in [2.24, 2.45) is 0 Å². The Hall–Kier alpha value is -2.45. The minimum atomic E-state index is -3.41. The monoisotopic (exact) mass is 417 g/mol. The Labute approximate surface area is 172 Å². The van der Waals surface area contributed by atoms with Crippen molar-refractivity contribution in [1.29, 1.82) is 0 Å². The average molecular weight is 418 g/mol. The molecule has 156 valence electrons. The molecule has 1 aliphatic heterocycles. The first kappa shape index (κ1) is 21.3. The van der Waals surface area contributed by atoms with Crippen LogP contribution in [0.1, 0.15) is 25.3 Å². The lowest BCUT2D eigenvalue weighted by Gasteiger charge is -2.40. The van der Waals surface area contributed by atoms with E-state index in [1.165, 1.54) is 0 Å². The summed E-state index contributed by atoms with van der Waals surface area (Å²) < 4.78 is 31.7. The Kier molecular flexibility index (Phi) is 6.87. The van der Waals surface area contributed by atoms with E-state index >= 15 is 0 Å². The molecule has 1 N–H and O–H groups in total. The van der Waals surface area contributed by atoms with Crippen LogP contribution in [0, 0.1) is 0 Å². The molecule has 0 unspecified atom stereocenters. The molecule has 2 aromatic rings. The van der Waals surface area contributed by atoms with Gasteiger partial charge in [-0.3, -0.25) is 4.98 Å². The van der Waals surface area contributed by atoms with Gasteiger partial charge >= 0.3 is 6.09 Å². The number of benzene rings is 1. The maximum absolute atomic E-state index is 12.5. The summed E-state index contributed by atoms with van der Waals surface area (Å²) in [6.07, 6.45) is 6.16. The summed E-state index contributed by atoms with van der Waals surface area (Å²) in [5, 5.41) is 0. The summed E-state index contributed by atoms with van der Waals surface area (Å²) in [6.45, 7) is 2.57. The number of carbonyl (C=O) groups excluding carboxylic acids is 1. The number of carbonyl (C=O) groups is 1. The number of aromatic nitrogens is 1. The number of nitrogens with zero attached hydrogens (tertiary/aromatic N) is 2. The molecule has 3 rings (SSSR count). The van der Waals surface area contributed by atoms with Gasteiger partial charge in [0.05, 0.1) is 18.9 Å². The normalized spacial score (nSPS) is 19.7. The van der Waals surface area contributed by atoms with Gasteiger partial charge in [0.25, 0.3) is 0 Å². The number of hydrogen-bond donors (Lipinski definition) is 1. The van der Waals surface area contributed by atoms with E-state index in [2.05, 4.69) is 9.71 Å². The molecule has 2 heterocycles. The zero-order valence-corrected chi connectivity index (χ0v) is 17.6. The second-order valence-electron chi connectivity index (χ2n) is 7.25. The molecule has 0 aliphatic carbocycles. The zero-order chi connectivity index (χ0) is 20.9. The topological polar surface area (TPSA) is 88.6 Å². The van der Waals surface area contributed by atoms with Crippen molar-refractivity contribution < 1.29 is 17.9 Å². The van der Waals surface area contributed by atoms with Crippen molar-refractivity contribution in [3.63, 3.8) is 0 Å². The van der Waals surface area contributed by atoms with Gasteiger partial charge in [-0.2, -0.15) is 0 Å². The van der Waals surface area contributed by atoms with Gasteiger partial charge in [-0.05, 0) is 43.4 Å². The average Bonchev–Trinajstić information content (AvgIpc) is 2.69. The maximum Gasteiger partial charge on any atom is 0.410 e. The van der Waals surface area contributed by atoms with E-state index in [1.807, 2.05) is 36.4 Å². The molecule has 0 bridgehead atoms. The van der Waals surface area contributed by atoms with Crippen LogP contribution in [0.2, 0.25) is 0 Å². The van der Waals surface area contributed by atoms with Crippen molar-refractivity contribution in [3.05, 3.63) is 54.4 Å². The molecule has 29 heavy (non-hydrogen) atoms. The third-order valence-corrected chi connectivity index (χ3v) is 5.72. The van der Waals surface area contributed by atoms with E-state index in [4.69, 9.17) is 4.74 Å². The molecule has 1 aromatic heterocycles. The lowest BCUT2D eigenvalue weighted by atomic mass is 9.91. The number of nitrogens with one attached hydrogen (secondary N) is 1. The van der Waals surface area contributed by atoms with Crippen molar-refractivity contribution in [3.8, 4) is 11.1 Å². The quantitative estimate of drug-likeness (QED) is 0.781.